The van der Waals surface area contributed by atoms with E-state index in [9.17, 15) is 18.6 Å². The molecule has 0 bridgehead atoms. The number of fused-ring (bicyclic) bond motifs is 1. The van der Waals surface area contributed by atoms with Gasteiger partial charge in [0.2, 0.25) is 0 Å². The van der Waals surface area contributed by atoms with Gasteiger partial charge in [0, 0.05) is 12.5 Å². The highest BCUT2D eigenvalue weighted by atomic mass is 32.2. The number of aromatic nitrogens is 4. The minimum absolute atomic E-state index is 0.0530. The maximum atomic E-state index is 13.3. The third-order valence-corrected chi connectivity index (χ3v) is 9.21. The molecule has 0 saturated carbocycles. The van der Waals surface area contributed by atoms with Crippen LogP contribution in [0.4, 0.5) is 5.82 Å². The number of sulfone groups is 1. The molecule has 3 heterocycles. The number of benzene rings is 3. The standard InChI is InChI=1S/C32H33N5O6S/c38-17-25-28(39)29(40)32(43-25)37-20-34-27-30(33-16-24(22-12-6-2-7-13-22)23-14-8-3-9-15-23)35-26(36-31(27)37)19-44(41,42)18-21-10-4-1-5-11-21/h1-15,20,24-25,28-29,32,38-40H,16-19H2,(H,33,35,36)/p+1/t25-,28-,29-,32-/m1/s1. The SMILES string of the molecule is O=S(=O)(Cc1ccccc1)Cc1nc(NCC(c2ccccc2)c2ccccc2)c2ncn([C@@H]3O[C@H](C[OH2+])[C@@H](O)[C@H]3O)c2n1. The highest BCUT2D eigenvalue weighted by molar-refractivity contribution is 7.89. The van der Waals surface area contributed by atoms with Crippen molar-refractivity contribution >= 4 is 26.8 Å². The topological polar surface area (TPSA) is 162 Å². The van der Waals surface area contributed by atoms with Gasteiger partial charge in [0.05, 0.1) is 12.1 Å². The number of anilines is 1. The fourth-order valence-corrected chi connectivity index (χ4v) is 6.86. The fraction of sp³-hybridized carbons (Fsp3) is 0.281. The summed E-state index contributed by atoms with van der Waals surface area (Å²) in [5.41, 5.74) is 3.43. The number of rotatable bonds is 11. The van der Waals surface area contributed by atoms with Gasteiger partial charge in [0.15, 0.2) is 45.8 Å². The second-order valence-corrected chi connectivity index (χ2v) is 12.9. The zero-order valence-corrected chi connectivity index (χ0v) is 24.6. The van der Waals surface area contributed by atoms with E-state index in [0.717, 1.165) is 11.1 Å². The highest BCUT2D eigenvalue weighted by Crippen LogP contribution is 2.33. The van der Waals surface area contributed by atoms with Crippen LogP contribution in [0.2, 0.25) is 0 Å². The molecule has 228 valence electrons. The Kier molecular flexibility index (Phi) is 8.69. The molecule has 5 aromatic rings. The summed E-state index contributed by atoms with van der Waals surface area (Å²) in [5, 5.41) is 32.2. The molecule has 0 amide bonds. The van der Waals surface area contributed by atoms with Crippen molar-refractivity contribution in [3.63, 3.8) is 0 Å². The summed E-state index contributed by atoms with van der Waals surface area (Å²) in [5.74, 6) is -0.268. The minimum atomic E-state index is -3.67. The van der Waals surface area contributed by atoms with Gasteiger partial charge in [0.25, 0.3) is 0 Å². The molecule has 2 aromatic heterocycles. The van der Waals surface area contributed by atoms with Gasteiger partial charge >= 0.3 is 0 Å². The van der Waals surface area contributed by atoms with E-state index in [-0.39, 0.29) is 29.7 Å². The number of aliphatic hydroxyl groups excluding tert-OH is 2. The molecule has 44 heavy (non-hydrogen) atoms. The van der Waals surface area contributed by atoms with Gasteiger partial charge in [-0.3, -0.25) is 4.57 Å². The number of imidazole rings is 1. The van der Waals surface area contributed by atoms with Gasteiger partial charge in [-0.15, -0.1) is 0 Å². The van der Waals surface area contributed by atoms with Crippen molar-refractivity contribution in [2.24, 2.45) is 0 Å². The molecular weight excluding hydrogens is 582 g/mol. The molecule has 11 nitrogen and oxygen atoms in total. The van der Waals surface area contributed by atoms with Gasteiger partial charge in [0.1, 0.15) is 23.8 Å². The second-order valence-electron chi connectivity index (χ2n) is 10.8. The summed E-state index contributed by atoms with van der Waals surface area (Å²) in [7, 11) is -3.67. The van der Waals surface area contributed by atoms with Crippen LogP contribution in [0.25, 0.3) is 11.2 Å². The first-order valence-corrected chi connectivity index (χ1v) is 16.1. The summed E-state index contributed by atoms with van der Waals surface area (Å²) >= 11 is 0. The lowest BCUT2D eigenvalue weighted by molar-refractivity contribution is -0.0511. The Labute approximate surface area is 254 Å². The zero-order chi connectivity index (χ0) is 30.7. The van der Waals surface area contributed by atoms with Gasteiger partial charge in [-0.1, -0.05) is 91.0 Å². The number of hydrogen-bond donors (Lipinski definition) is 3. The van der Waals surface area contributed by atoms with Gasteiger partial charge in [-0.05, 0) is 16.7 Å². The molecule has 3 aromatic carbocycles. The van der Waals surface area contributed by atoms with Crippen molar-refractivity contribution in [3.05, 3.63) is 120 Å². The molecule has 0 unspecified atom stereocenters. The van der Waals surface area contributed by atoms with Crippen LogP contribution >= 0.6 is 0 Å². The van der Waals surface area contributed by atoms with E-state index >= 15 is 0 Å². The maximum absolute atomic E-state index is 13.3. The van der Waals surface area contributed by atoms with Crippen LogP contribution < -0.4 is 5.32 Å². The van der Waals surface area contributed by atoms with Crippen LogP contribution in [-0.2, 0) is 26.1 Å². The van der Waals surface area contributed by atoms with E-state index < -0.39 is 40.1 Å². The molecule has 0 aliphatic carbocycles. The Balaban J connectivity index is 1.38. The first kappa shape index (κ1) is 29.9. The third-order valence-electron chi connectivity index (χ3n) is 7.74. The number of hydrogen-bond acceptors (Lipinski definition) is 9. The molecule has 1 aliphatic rings. The van der Waals surface area contributed by atoms with Crippen LogP contribution in [0.1, 0.15) is 34.7 Å². The number of ether oxygens (including phenoxy) is 1. The molecule has 0 spiro atoms. The molecule has 1 fully saturated rings. The first-order valence-electron chi connectivity index (χ1n) is 14.3. The number of aliphatic hydroxyl groups is 2. The smallest absolute Gasteiger partial charge is 0.173 e. The predicted octanol–water partition coefficient (Wildman–Crippen LogP) is 2.53. The molecule has 0 radical (unpaired) electrons. The van der Waals surface area contributed by atoms with Gasteiger partial charge in [-0.2, -0.15) is 0 Å². The van der Waals surface area contributed by atoms with E-state index in [4.69, 9.17) is 9.84 Å². The van der Waals surface area contributed by atoms with Crippen LogP contribution in [0, 0.1) is 0 Å². The van der Waals surface area contributed by atoms with Crippen LogP contribution in [-0.4, -0.2) is 74.7 Å². The lowest BCUT2D eigenvalue weighted by atomic mass is 9.91. The number of nitrogens with zero attached hydrogens (tertiary/aromatic N) is 4. The normalized spacial score (nSPS) is 20.4. The lowest BCUT2D eigenvalue weighted by Gasteiger charge is -2.20. The zero-order valence-electron chi connectivity index (χ0n) is 23.8. The number of nitrogens with one attached hydrogen (secondary N) is 1. The van der Waals surface area contributed by atoms with E-state index in [2.05, 4.69) is 44.5 Å². The van der Waals surface area contributed by atoms with Crippen molar-refractivity contribution in [3.8, 4) is 0 Å². The molecule has 4 atom stereocenters. The van der Waals surface area contributed by atoms with Crippen molar-refractivity contribution in [2.45, 2.75) is 42.0 Å². The molecule has 6 rings (SSSR count). The van der Waals surface area contributed by atoms with Crippen LogP contribution in [0.15, 0.2) is 97.3 Å². The molecule has 5 N–H and O–H groups in total. The molecule has 1 aliphatic heterocycles. The van der Waals surface area contributed by atoms with Crippen molar-refractivity contribution in [1.82, 2.24) is 19.5 Å². The largest absolute Gasteiger partial charge is 0.443 e. The van der Waals surface area contributed by atoms with Crippen LogP contribution in [0.3, 0.4) is 0 Å². The van der Waals surface area contributed by atoms with E-state index in [1.165, 1.54) is 10.9 Å². The molecule has 12 heteroatoms. The Bertz CT molecular complexity index is 1770. The molecular formula is C32H34N5O6S+. The molecule has 1 saturated heterocycles. The second kappa shape index (κ2) is 12.8. The quantitative estimate of drug-likeness (QED) is 0.189. The minimum Gasteiger partial charge on any atom is -0.443 e. The lowest BCUT2D eigenvalue weighted by Crippen LogP contribution is -2.33. The first-order chi connectivity index (χ1) is 21.3. The van der Waals surface area contributed by atoms with Crippen LogP contribution in [0.5, 0.6) is 0 Å². The van der Waals surface area contributed by atoms with Crippen molar-refractivity contribution in [1.29, 1.82) is 0 Å². The summed E-state index contributed by atoms with van der Waals surface area (Å²) in [4.78, 5) is 13.7. The van der Waals surface area contributed by atoms with Crippen molar-refractivity contribution in [2.75, 3.05) is 18.5 Å². The van der Waals surface area contributed by atoms with E-state index in [0.29, 0.717) is 23.4 Å². The Morgan fingerprint density at radius 1 is 0.864 bits per heavy atom. The fourth-order valence-electron chi connectivity index (χ4n) is 5.54. The Morgan fingerprint density at radius 3 is 2.07 bits per heavy atom. The summed E-state index contributed by atoms with van der Waals surface area (Å²) in [6.45, 7) is 0.178. The average Bonchev–Trinajstić information content (AvgIpc) is 3.58. The average molecular weight is 617 g/mol. The van der Waals surface area contributed by atoms with Crippen molar-refractivity contribution < 1.29 is 28.5 Å². The Hall–Kier alpha value is -4.20. The monoisotopic (exact) mass is 616 g/mol. The summed E-state index contributed by atoms with van der Waals surface area (Å²) in [6, 6.07) is 29.0. The summed E-state index contributed by atoms with van der Waals surface area (Å²) in [6.07, 6.45) is -3.14. The third kappa shape index (κ3) is 6.35. The van der Waals surface area contributed by atoms with E-state index in [1.54, 1.807) is 24.3 Å². The maximum Gasteiger partial charge on any atom is 0.173 e. The predicted molar refractivity (Wildman–Crippen MR) is 166 cm³/mol. The summed E-state index contributed by atoms with van der Waals surface area (Å²) < 4.78 is 33.8. The Morgan fingerprint density at radius 2 is 1.48 bits per heavy atom. The van der Waals surface area contributed by atoms with E-state index in [1.807, 2.05) is 42.5 Å². The van der Waals surface area contributed by atoms with Gasteiger partial charge in [-0.25, -0.2) is 23.4 Å². The van der Waals surface area contributed by atoms with Gasteiger partial charge < -0.3 is 25.4 Å². The highest BCUT2D eigenvalue weighted by Gasteiger charge is 2.45.